The van der Waals surface area contributed by atoms with Gasteiger partial charge in [0.15, 0.2) is 5.79 Å². The van der Waals surface area contributed by atoms with Crippen LogP contribution in [0.4, 0.5) is 0 Å². The van der Waals surface area contributed by atoms with Crippen LogP contribution in [0.25, 0.3) is 0 Å². The summed E-state index contributed by atoms with van der Waals surface area (Å²) in [5.74, 6) is -1.14. The third-order valence-corrected chi connectivity index (χ3v) is 2.46. The van der Waals surface area contributed by atoms with E-state index in [1.807, 2.05) is 20.8 Å². The van der Waals surface area contributed by atoms with Gasteiger partial charge in [-0.3, -0.25) is 4.79 Å². The molecule has 0 unspecified atom stereocenters. The molecular weight excluding hydrogens is 236 g/mol. The molecule has 18 heavy (non-hydrogen) atoms. The minimum Gasteiger partial charge on any atom is -0.436 e. The molecule has 0 bridgehead atoms. The molecule has 1 aliphatic heterocycles. The molecule has 0 aromatic carbocycles. The molecular formula is C13H24O5. The number of aliphatic hydroxyl groups excluding tert-OH is 1. The largest absolute Gasteiger partial charge is 0.436 e. The van der Waals surface area contributed by atoms with Crippen molar-refractivity contribution in [2.45, 2.75) is 65.6 Å². The fraction of sp³-hybridized carbons (Fsp3) is 0.923. The van der Waals surface area contributed by atoms with Gasteiger partial charge in [-0.15, -0.1) is 0 Å². The number of ether oxygens (including phenoxy) is 3. The summed E-state index contributed by atoms with van der Waals surface area (Å²) in [6.07, 6.45) is -0.324. The average molecular weight is 260 g/mol. The first-order valence-electron chi connectivity index (χ1n) is 6.27. The second-order valence-electron chi connectivity index (χ2n) is 6.33. The number of carbonyl (C=O) groups excluding carboxylic acids is 1. The Morgan fingerprint density at radius 3 is 2.50 bits per heavy atom. The highest BCUT2D eigenvalue weighted by Crippen LogP contribution is 2.28. The monoisotopic (exact) mass is 260 g/mol. The van der Waals surface area contributed by atoms with E-state index in [4.69, 9.17) is 19.3 Å². The van der Waals surface area contributed by atoms with Crippen LogP contribution in [-0.2, 0) is 19.0 Å². The SMILES string of the molecule is CC(C)(C)CC(=O)O[C@@H]1C[C@@H](CO)OC(C)(C)O1. The lowest BCUT2D eigenvalue weighted by Crippen LogP contribution is -2.47. The summed E-state index contributed by atoms with van der Waals surface area (Å²) in [6, 6.07) is 0. The summed E-state index contributed by atoms with van der Waals surface area (Å²) in [6.45, 7) is 9.28. The second kappa shape index (κ2) is 5.55. The fourth-order valence-electron chi connectivity index (χ4n) is 1.86. The Bertz CT molecular complexity index is 292. The van der Waals surface area contributed by atoms with E-state index in [-0.39, 0.29) is 24.1 Å². The lowest BCUT2D eigenvalue weighted by Gasteiger charge is -2.39. The van der Waals surface area contributed by atoms with E-state index in [9.17, 15) is 4.79 Å². The standard InChI is InChI=1S/C13H24O5/c1-12(2,3)7-10(15)16-11-6-9(8-14)17-13(4,5)18-11/h9,11,14H,6-8H2,1-5H3/t9-,11-/m0/s1. The molecule has 5 nitrogen and oxygen atoms in total. The van der Waals surface area contributed by atoms with Crippen LogP contribution < -0.4 is 0 Å². The molecule has 1 saturated heterocycles. The predicted molar refractivity (Wildman–Crippen MR) is 65.7 cm³/mol. The molecule has 1 heterocycles. The average Bonchev–Trinajstić information content (AvgIpc) is 2.11. The normalized spacial score (nSPS) is 27.9. The smallest absolute Gasteiger partial charge is 0.308 e. The Morgan fingerprint density at radius 2 is 2.00 bits per heavy atom. The van der Waals surface area contributed by atoms with Crippen LogP contribution in [0.15, 0.2) is 0 Å². The minimum atomic E-state index is -0.849. The van der Waals surface area contributed by atoms with Gasteiger partial charge in [-0.2, -0.15) is 0 Å². The van der Waals surface area contributed by atoms with Gasteiger partial charge >= 0.3 is 5.97 Å². The van der Waals surface area contributed by atoms with E-state index >= 15 is 0 Å². The number of carbonyl (C=O) groups is 1. The lowest BCUT2D eigenvalue weighted by atomic mass is 9.92. The summed E-state index contributed by atoms with van der Waals surface area (Å²) in [7, 11) is 0. The third kappa shape index (κ3) is 5.33. The molecule has 0 aromatic heterocycles. The van der Waals surface area contributed by atoms with E-state index in [1.54, 1.807) is 13.8 Å². The Labute approximate surface area is 108 Å². The molecule has 1 aliphatic rings. The first-order valence-corrected chi connectivity index (χ1v) is 6.27. The number of esters is 1. The molecule has 106 valence electrons. The van der Waals surface area contributed by atoms with Crippen LogP contribution in [0, 0.1) is 5.41 Å². The van der Waals surface area contributed by atoms with Crippen LogP contribution in [0.3, 0.4) is 0 Å². The van der Waals surface area contributed by atoms with Crippen molar-refractivity contribution in [2.24, 2.45) is 5.41 Å². The topological polar surface area (TPSA) is 65.0 Å². The first kappa shape index (κ1) is 15.4. The van der Waals surface area contributed by atoms with E-state index in [2.05, 4.69) is 0 Å². The molecule has 5 heteroatoms. The van der Waals surface area contributed by atoms with E-state index < -0.39 is 12.1 Å². The molecule has 1 fully saturated rings. The Kier molecular flexibility index (Phi) is 4.75. The Morgan fingerprint density at radius 1 is 1.39 bits per heavy atom. The maximum atomic E-state index is 11.7. The summed E-state index contributed by atoms with van der Waals surface area (Å²) < 4.78 is 16.3. The third-order valence-electron chi connectivity index (χ3n) is 2.46. The van der Waals surface area contributed by atoms with Crippen molar-refractivity contribution >= 4 is 5.97 Å². The zero-order chi connectivity index (χ0) is 14.0. The van der Waals surface area contributed by atoms with Gasteiger partial charge in [-0.25, -0.2) is 0 Å². The zero-order valence-corrected chi connectivity index (χ0v) is 11.9. The number of hydrogen-bond donors (Lipinski definition) is 1. The molecule has 1 N–H and O–H groups in total. The van der Waals surface area contributed by atoms with Crippen molar-refractivity contribution in [3.8, 4) is 0 Å². The van der Waals surface area contributed by atoms with Gasteiger partial charge < -0.3 is 19.3 Å². The summed E-state index contributed by atoms with van der Waals surface area (Å²) in [5, 5.41) is 9.14. The second-order valence-corrected chi connectivity index (χ2v) is 6.33. The fourth-order valence-corrected chi connectivity index (χ4v) is 1.86. The van der Waals surface area contributed by atoms with Crippen molar-refractivity contribution in [3.63, 3.8) is 0 Å². The van der Waals surface area contributed by atoms with Crippen molar-refractivity contribution in [3.05, 3.63) is 0 Å². The minimum absolute atomic E-state index is 0.111. The van der Waals surface area contributed by atoms with Gasteiger partial charge in [-0.1, -0.05) is 20.8 Å². The maximum absolute atomic E-state index is 11.7. The Balaban J connectivity index is 2.53. The maximum Gasteiger partial charge on any atom is 0.308 e. The van der Waals surface area contributed by atoms with Crippen LogP contribution in [0.2, 0.25) is 0 Å². The summed E-state index contributed by atoms with van der Waals surface area (Å²) in [5.41, 5.74) is -0.117. The molecule has 0 spiro atoms. The number of rotatable bonds is 3. The van der Waals surface area contributed by atoms with E-state index in [0.29, 0.717) is 12.8 Å². The summed E-state index contributed by atoms with van der Waals surface area (Å²) in [4.78, 5) is 11.7. The van der Waals surface area contributed by atoms with E-state index in [0.717, 1.165) is 0 Å². The van der Waals surface area contributed by atoms with Crippen LogP contribution in [-0.4, -0.2) is 35.9 Å². The summed E-state index contributed by atoms with van der Waals surface area (Å²) >= 11 is 0. The van der Waals surface area contributed by atoms with Gasteiger partial charge in [0.2, 0.25) is 6.29 Å². The lowest BCUT2D eigenvalue weighted by molar-refractivity contribution is -0.346. The van der Waals surface area contributed by atoms with Crippen molar-refractivity contribution in [2.75, 3.05) is 6.61 Å². The quantitative estimate of drug-likeness (QED) is 0.784. The molecule has 2 atom stereocenters. The van der Waals surface area contributed by atoms with Gasteiger partial charge in [0, 0.05) is 6.42 Å². The number of hydrogen-bond acceptors (Lipinski definition) is 5. The first-order chi connectivity index (χ1) is 8.11. The van der Waals surface area contributed by atoms with Gasteiger partial charge in [0.25, 0.3) is 0 Å². The van der Waals surface area contributed by atoms with Crippen LogP contribution >= 0.6 is 0 Å². The Hall–Kier alpha value is -0.650. The zero-order valence-electron chi connectivity index (χ0n) is 11.9. The van der Waals surface area contributed by atoms with Crippen molar-refractivity contribution < 1.29 is 24.1 Å². The number of aliphatic hydroxyl groups is 1. The van der Waals surface area contributed by atoms with Crippen molar-refractivity contribution in [1.29, 1.82) is 0 Å². The molecule has 0 saturated carbocycles. The van der Waals surface area contributed by atoms with E-state index in [1.165, 1.54) is 0 Å². The van der Waals surface area contributed by atoms with Crippen LogP contribution in [0.1, 0.15) is 47.5 Å². The molecule has 0 aromatic rings. The van der Waals surface area contributed by atoms with Gasteiger partial charge in [-0.05, 0) is 19.3 Å². The highest BCUT2D eigenvalue weighted by atomic mass is 16.8. The molecule has 0 aliphatic carbocycles. The van der Waals surface area contributed by atoms with Crippen LogP contribution in [0.5, 0.6) is 0 Å². The highest BCUT2D eigenvalue weighted by Gasteiger charge is 2.37. The molecule has 0 amide bonds. The van der Waals surface area contributed by atoms with Gasteiger partial charge in [0.05, 0.1) is 19.1 Å². The molecule has 0 radical (unpaired) electrons. The van der Waals surface area contributed by atoms with Gasteiger partial charge in [0.1, 0.15) is 0 Å². The highest BCUT2D eigenvalue weighted by molar-refractivity contribution is 5.70. The predicted octanol–water partition coefficient (Wildman–Crippen LogP) is 1.83. The molecule has 1 rings (SSSR count). The van der Waals surface area contributed by atoms with Crippen molar-refractivity contribution in [1.82, 2.24) is 0 Å².